The van der Waals surface area contributed by atoms with Crippen LogP contribution in [-0.4, -0.2) is 22.6 Å². The zero-order valence-electron chi connectivity index (χ0n) is 14.5. The minimum absolute atomic E-state index is 0.111. The normalized spacial score (nSPS) is 11.5. The SMILES string of the molecule is CNCc1ccc(-c2ccccc2)c(-c2sccc2S(N)(=O)=O)c1OC. The molecule has 3 N–H and O–H groups in total. The summed E-state index contributed by atoms with van der Waals surface area (Å²) >= 11 is 1.34. The first-order chi connectivity index (χ1) is 12.5. The van der Waals surface area contributed by atoms with Crippen LogP contribution in [0.2, 0.25) is 0 Å². The molecule has 0 aliphatic rings. The molecular weight excluding hydrogens is 368 g/mol. The first-order valence-corrected chi connectivity index (χ1v) is 10.4. The van der Waals surface area contributed by atoms with Crippen molar-refractivity contribution in [1.82, 2.24) is 5.32 Å². The zero-order chi connectivity index (χ0) is 18.7. The minimum atomic E-state index is -3.85. The highest BCUT2D eigenvalue weighted by atomic mass is 32.2. The maximum absolute atomic E-state index is 12.1. The van der Waals surface area contributed by atoms with E-state index in [2.05, 4.69) is 5.32 Å². The molecule has 0 unspecified atom stereocenters. The van der Waals surface area contributed by atoms with E-state index in [-0.39, 0.29) is 4.90 Å². The monoisotopic (exact) mass is 388 g/mol. The van der Waals surface area contributed by atoms with Crippen LogP contribution in [0.3, 0.4) is 0 Å². The molecule has 7 heteroatoms. The molecule has 0 saturated carbocycles. The molecule has 0 atom stereocenters. The van der Waals surface area contributed by atoms with Crippen LogP contribution in [0.25, 0.3) is 21.6 Å². The Morgan fingerprint density at radius 1 is 1.12 bits per heavy atom. The summed E-state index contributed by atoms with van der Waals surface area (Å²) < 4.78 is 29.9. The minimum Gasteiger partial charge on any atom is -0.496 e. The molecule has 0 spiro atoms. The number of primary sulfonamides is 1. The molecule has 2 aromatic carbocycles. The second-order valence-corrected chi connectivity index (χ2v) is 8.18. The predicted molar refractivity (Wildman–Crippen MR) is 106 cm³/mol. The highest BCUT2D eigenvalue weighted by Gasteiger charge is 2.24. The van der Waals surface area contributed by atoms with Crippen LogP contribution in [-0.2, 0) is 16.6 Å². The fraction of sp³-hybridized carbons (Fsp3) is 0.158. The van der Waals surface area contributed by atoms with E-state index in [0.29, 0.717) is 17.2 Å². The number of rotatable bonds is 6. The van der Waals surface area contributed by atoms with Crippen LogP contribution in [0.1, 0.15) is 5.56 Å². The molecule has 3 rings (SSSR count). The summed E-state index contributed by atoms with van der Waals surface area (Å²) in [6, 6.07) is 15.3. The fourth-order valence-electron chi connectivity index (χ4n) is 2.98. The molecule has 0 bridgehead atoms. The number of ether oxygens (including phenoxy) is 1. The number of methoxy groups -OCH3 is 1. The second kappa shape index (κ2) is 7.59. The topological polar surface area (TPSA) is 81.4 Å². The quantitative estimate of drug-likeness (QED) is 0.678. The molecule has 0 fully saturated rings. The lowest BCUT2D eigenvalue weighted by Crippen LogP contribution is -2.12. The van der Waals surface area contributed by atoms with Gasteiger partial charge in [-0.05, 0) is 29.6 Å². The maximum Gasteiger partial charge on any atom is 0.239 e. The van der Waals surface area contributed by atoms with Crippen molar-refractivity contribution in [2.75, 3.05) is 14.2 Å². The number of benzene rings is 2. The van der Waals surface area contributed by atoms with Gasteiger partial charge in [-0.1, -0.05) is 42.5 Å². The van der Waals surface area contributed by atoms with Gasteiger partial charge < -0.3 is 10.1 Å². The van der Waals surface area contributed by atoms with Crippen LogP contribution in [0.15, 0.2) is 58.8 Å². The van der Waals surface area contributed by atoms with Crippen LogP contribution >= 0.6 is 11.3 Å². The lowest BCUT2D eigenvalue weighted by Gasteiger charge is -2.18. The Kier molecular flexibility index (Phi) is 5.43. The molecule has 3 aromatic rings. The number of nitrogens with two attached hydrogens (primary N) is 1. The van der Waals surface area contributed by atoms with Crippen LogP contribution in [0.4, 0.5) is 0 Å². The number of sulfonamides is 1. The van der Waals surface area contributed by atoms with E-state index in [4.69, 9.17) is 9.88 Å². The zero-order valence-corrected chi connectivity index (χ0v) is 16.2. The second-order valence-electron chi connectivity index (χ2n) is 5.74. The van der Waals surface area contributed by atoms with E-state index in [9.17, 15) is 8.42 Å². The average molecular weight is 389 g/mol. The van der Waals surface area contributed by atoms with Crippen LogP contribution in [0.5, 0.6) is 5.75 Å². The van der Waals surface area contributed by atoms with Crippen molar-refractivity contribution in [2.24, 2.45) is 5.14 Å². The van der Waals surface area contributed by atoms with Gasteiger partial charge in [0.15, 0.2) is 0 Å². The predicted octanol–water partition coefficient (Wildman–Crippen LogP) is 3.46. The lowest BCUT2D eigenvalue weighted by atomic mass is 9.95. The highest BCUT2D eigenvalue weighted by molar-refractivity contribution is 7.89. The van der Waals surface area contributed by atoms with Gasteiger partial charge in [-0.25, -0.2) is 13.6 Å². The molecule has 1 aromatic heterocycles. The van der Waals surface area contributed by atoms with E-state index in [1.165, 1.54) is 17.4 Å². The number of nitrogens with one attached hydrogen (secondary N) is 1. The van der Waals surface area contributed by atoms with E-state index in [0.717, 1.165) is 22.3 Å². The van der Waals surface area contributed by atoms with Gasteiger partial charge in [0.05, 0.1) is 12.0 Å². The van der Waals surface area contributed by atoms with E-state index in [1.54, 1.807) is 12.5 Å². The first kappa shape index (κ1) is 18.6. The smallest absolute Gasteiger partial charge is 0.239 e. The van der Waals surface area contributed by atoms with E-state index < -0.39 is 10.0 Å². The van der Waals surface area contributed by atoms with Crippen molar-refractivity contribution in [3.63, 3.8) is 0 Å². The Bertz CT molecular complexity index is 1010. The molecular formula is C19H20N2O3S2. The van der Waals surface area contributed by atoms with Crippen molar-refractivity contribution in [3.8, 4) is 27.3 Å². The Labute approximate surface area is 157 Å². The van der Waals surface area contributed by atoms with Gasteiger partial charge in [0.25, 0.3) is 0 Å². The Hall–Kier alpha value is -2.19. The van der Waals surface area contributed by atoms with Crippen molar-refractivity contribution in [2.45, 2.75) is 11.4 Å². The van der Waals surface area contributed by atoms with E-state index >= 15 is 0 Å². The lowest BCUT2D eigenvalue weighted by molar-refractivity contribution is 0.410. The summed E-state index contributed by atoms with van der Waals surface area (Å²) in [6.45, 7) is 0.599. The van der Waals surface area contributed by atoms with Gasteiger partial charge in [-0.2, -0.15) is 0 Å². The largest absolute Gasteiger partial charge is 0.496 e. The Morgan fingerprint density at radius 3 is 2.46 bits per heavy atom. The maximum atomic E-state index is 12.1. The molecule has 1 heterocycles. The van der Waals surface area contributed by atoms with Crippen LogP contribution < -0.4 is 15.2 Å². The van der Waals surface area contributed by atoms with Gasteiger partial charge in [0.1, 0.15) is 10.6 Å². The number of hydrogen-bond donors (Lipinski definition) is 2. The third kappa shape index (κ3) is 3.52. The number of thiophene rings is 1. The third-order valence-electron chi connectivity index (χ3n) is 4.06. The summed E-state index contributed by atoms with van der Waals surface area (Å²) in [4.78, 5) is 0.695. The average Bonchev–Trinajstić information content (AvgIpc) is 3.12. The van der Waals surface area contributed by atoms with Crippen molar-refractivity contribution >= 4 is 21.4 Å². The summed E-state index contributed by atoms with van der Waals surface area (Å²) in [5, 5.41) is 10.3. The van der Waals surface area contributed by atoms with Gasteiger partial charge in [-0.15, -0.1) is 11.3 Å². The number of hydrogen-bond acceptors (Lipinski definition) is 5. The fourth-order valence-corrected chi connectivity index (χ4v) is 5.02. The summed E-state index contributed by atoms with van der Waals surface area (Å²) in [5.74, 6) is 0.646. The molecule has 136 valence electrons. The molecule has 26 heavy (non-hydrogen) atoms. The Balaban J connectivity index is 2.38. The standard InChI is InChI=1S/C19H20N2O3S2/c1-21-12-14-8-9-15(13-6-4-3-5-7-13)17(18(14)24-2)19-16(10-11-25-19)26(20,22)23/h3-11,21H,12H2,1-2H3,(H2,20,22,23). The molecule has 0 aliphatic carbocycles. The van der Waals surface area contributed by atoms with Gasteiger partial charge in [0, 0.05) is 17.7 Å². The Morgan fingerprint density at radius 2 is 1.85 bits per heavy atom. The van der Waals surface area contributed by atoms with E-state index in [1.807, 2.05) is 49.5 Å². The van der Waals surface area contributed by atoms with Gasteiger partial charge >= 0.3 is 0 Å². The van der Waals surface area contributed by atoms with Gasteiger partial charge in [-0.3, -0.25) is 0 Å². The molecule has 0 saturated heterocycles. The summed E-state index contributed by atoms with van der Waals surface area (Å²) in [5.41, 5.74) is 3.56. The molecule has 5 nitrogen and oxygen atoms in total. The first-order valence-electron chi connectivity index (χ1n) is 7.98. The molecule has 0 aliphatic heterocycles. The molecule has 0 amide bonds. The van der Waals surface area contributed by atoms with Crippen molar-refractivity contribution < 1.29 is 13.2 Å². The van der Waals surface area contributed by atoms with Crippen molar-refractivity contribution in [3.05, 3.63) is 59.5 Å². The third-order valence-corrected chi connectivity index (χ3v) is 6.07. The highest BCUT2D eigenvalue weighted by Crippen LogP contribution is 2.45. The van der Waals surface area contributed by atoms with Crippen LogP contribution in [0, 0.1) is 0 Å². The molecule has 0 radical (unpaired) electrons. The summed E-state index contributed by atoms with van der Waals surface area (Å²) in [6.07, 6.45) is 0. The summed E-state index contributed by atoms with van der Waals surface area (Å²) in [7, 11) is -0.402. The van der Waals surface area contributed by atoms with Crippen molar-refractivity contribution in [1.29, 1.82) is 0 Å². The van der Waals surface area contributed by atoms with Gasteiger partial charge in [0.2, 0.25) is 10.0 Å².